The third kappa shape index (κ3) is 3.53. The van der Waals surface area contributed by atoms with Crippen LogP contribution in [0.15, 0.2) is 39.4 Å². The van der Waals surface area contributed by atoms with Gasteiger partial charge in [-0.3, -0.25) is 9.59 Å². The van der Waals surface area contributed by atoms with E-state index < -0.39 is 5.92 Å². The number of fused-ring (bicyclic) bond motifs is 1. The van der Waals surface area contributed by atoms with Crippen LogP contribution in [0.3, 0.4) is 0 Å². The number of ether oxygens (including phenoxy) is 1. The number of carbonyl (C=O) groups excluding carboxylic acids is 1. The van der Waals surface area contributed by atoms with Crippen LogP contribution in [0.5, 0.6) is 11.5 Å². The van der Waals surface area contributed by atoms with Crippen LogP contribution in [0.1, 0.15) is 50.2 Å². The number of aromatic nitrogens is 2. The molecule has 2 aliphatic rings. The highest BCUT2D eigenvalue weighted by Crippen LogP contribution is 2.45. The molecule has 1 atom stereocenters. The SMILES string of the molecule is COc1cc([C@H]2C3=C(CCCC3=O)Nc3nc(SC(C)C)[nH]c(=O)c32)ccc1O. The first-order chi connectivity index (χ1) is 13.9. The van der Waals surface area contributed by atoms with Gasteiger partial charge in [-0.1, -0.05) is 31.7 Å². The molecule has 1 aliphatic heterocycles. The highest BCUT2D eigenvalue weighted by Gasteiger charge is 2.38. The van der Waals surface area contributed by atoms with Gasteiger partial charge in [-0.2, -0.15) is 0 Å². The summed E-state index contributed by atoms with van der Waals surface area (Å²) in [6.07, 6.45) is 1.95. The van der Waals surface area contributed by atoms with Crippen LogP contribution in [-0.4, -0.2) is 33.2 Å². The zero-order valence-corrected chi connectivity index (χ0v) is 17.4. The molecule has 0 amide bonds. The van der Waals surface area contributed by atoms with Crippen LogP contribution < -0.4 is 15.6 Å². The van der Waals surface area contributed by atoms with E-state index in [0.29, 0.717) is 39.8 Å². The Hall–Kier alpha value is -2.74. The van der Waals surface area contributed by atoms with Crippen molar-refractivity contribution >= 4 is 23.4 Å². The number of aromatic hydroxyl groups is 1. The average molecular weight is 413 g/mol. The van der Waals surface area contributed by atoms with Gasteiger partial charge in [0.15, 0.2) is 22.4 Å². The van der Waals surface area contributed by atoms with Crippen molar-refractivity contribution in [3.8, 4) is 11.5 Å². The topological polar surface area (TPSA) is 104 Å². The number of hydrogen-bond acceptors (Lipinski definition) is 7. The van der Waals surface area contributed by atoms with Crippen LogP contribution in [-0.2, 0) is 4.79 Å². The minimum absolute atomic E-state index is 0.00491. The molecule has 1 aromatic carbocycles. The summed E-state index contributed by atoms with van der Waals surface area (Å²) in [7, 11) is 1.47. The number of thioether (sulfide) groups is 1. The summed E-state index contributed by atoms with van der Waals surface area (Å²) in [5, 5.41) is 14.1. The Bertz CT molecular complexity index is 1070. The number of methoxy groups -OCH3 is 1. The minimum Gasteiger partial charge on any atom is -0.504 e. The number of anilines is 1. The van der Waals surface area contributed by atoms with Crippen molar-refractivity contribution in [1.29, 1.82) is 0 Å². The molecule has 1 aliphatic carbocycles. The smallest absolute Gasteiger partial charge is 0.257 e. The summed E-state index contributed by atoms with van der Waals surface area (Å²) in [6, 6.07) is 4.92. The average Bonchev–Trinajstić information content (AvgIpc) is 2.66. The predicted octanol–water partition coefficient (Wildman–Crippen LogP) is 3.55. The van der Waals surface area contributed by atoms with E-state index in [2.05, 4.69) is 15.3 Å². The van der Waals surface area contributed by atoms with Crippen molar-refractivity contribution in [2.45, 2.75) is 49.4 Å². The van der Waals surface area contributed by atoms with Gasteiger partial charge in [0, 0.05) is 28.9 Å². The van der Waals surface area contributed by atoms with Crippen LogP contribution >= 0.6 is 11.8 Å². The van der Waals surface area contributed by atoms with E-state index in [0.717, 1.165) is 18.5 Å². The Morgan fingerprint density at radius 3 is 2.79 bits per heavy atom. The summed E-state index contributed by atoms with van der Waals surface area (Å²) in [4.78, 5) is 33.4. The highest BCUT2D eigenvalue weighted by molar-refractivity contribution is 7.99. The first-order valence-electron chi connectivity index (χ1n) is 9.60. The van der Waals surface area contributed by atoms with E-state index in [9.17, 15) is 14.7 Å². The molecular weight excluding hydrogens is 390 g/mol. The van der Waals surface area contributed by atoms with Gasteiger partial charge in [-0.25, -0.2) is 4.98 Å². The van der Waals surface area contributed by atoms with Crippen molar-refractivity contribution in [2.75, 3.05) is 12.4 Å². The molecule has 29 heavy (non-hydrogen) atoms. The maximum atomic E-state index is 13.1. The number of ketones is 1. The third-order valence-corrected chi connectivity index (χ3v) is 6.01. The van der Waals surface area contributed by atoms with E-state index in [1.54, 1.807) is 12.1 Å². The molecule has 0 fully saturated rings. The summed E-state index contributed by atoms with van der Waals surface area (Å²) in [5.74, 6) is 0.261. The summed E-state index contributed by atoms with van der Waals surface area (Å²) in [6.45, 7) is 4.06. The van der Waals surface area contributed by atoms with Gasteiger partial charge < -0.3 is 20.1 Å². The highest BCUT2D eigenvalue weighted by atomic mass is 32.2. The molecule has 2 aromatic rings. The van der Waals surface area contributed by atoms with Gasteiger partial charge >= 0.3 is 0 Å². The van der Waals surface area contributed by atoms with E-state index in [1.807, 2.05) is 13.8 Å². The molecule has 152 valence electrons. The van der Waals surface area contributed by atoms with Crippen molar-refractivity contribution in [2.24, 2.45) is 0 Å². The molecule has 0 unspecified atom stereocenters. The Morgan fingerprint density at radius 2 is 2.07 bits per heavy atom. The molecule has 0 saturated carbocycles. The van der Waals surface area contributed by atoms with Gasteiger partial charge in [-0.15, -0.1) is 0 Å². The molecule has 7 nitrogen and oxygen atoms in total. The molecular formula is C21H23N3O4S. The normalized spacial score (nSPS) is 18.3. The minimum atomic E-state index is -0.558. The second-order valence-corrected chi connectivity index (χ2v) is 9.02. The van der Waals surface area contributed by atoms with Gasteiger partial charge in [0.1, 0.15) is 5.82 Å². The number of hydrogen-bond donors (Lipinski definition) is 3. The maximum Gasteiger partial charge on any atom is 0.257 e. The molecule has 8 heteroatoms. The Balaban J connectivity index is 1.93. The predicted molar refractivity (Wildman–Crippen MR) is 112 cm³/mol. The molecule has 0 radical (unpaired) electrons. The van der Waals surface area contributed by atoms with E-state index in [4.69, 9.17) is 4.74 Å². The molecule has 0 bridgehead atoms. The molecule has 2 heterocycles. The monoisotopic (exact) mass is 413 g/mol. The maximum absolute atomic E-state index is 13.1. The number of phenolic OH excluding ortho intramolecular Hbond substituents is 1. The zero-order chi connectivity index (χ0) is 20.7. The number of nitrogens with zero attached hydrogens (tertiary/aromatic N) is 1. The lowest BCUT2D eigenvalue weighted by Gasteiger charge is -2.33. The second kappa shape index (κ2) is 7.59. The number of benzene rings is 1. The van der Waals surface area contributed by atoms with E-state index >= 15 is 0 Å². The largest absolute Gasteiger partial charge is 0.504 e. The van der Waals surface area contributed by atoms with Crippen molar-refractivity contribution in [3.05, 3.63) is 50.9 Å². The van der Waals surface area contributed by atoms with E-state index in [1.165, 1.54) is 24.9 Å². The second-order valence-electron chi connectivity index (χ2n) is 7.46. The quantitative estimate of drug-likeness (QED) is 0.520. The number of nitrogens with one attached hydrogen (secondary N) is 2. The third-order valence-electron chi connectivity index (χ3n) is 5.12. The molecule has 1 aromatic heterocycles. The number of aromatic amines is 1. The lowest BCUT2D eigenvalue weighted by Crippen LogP contribution is -2.32. The summed E-state index contributed by atoms with van der Waals surface area (Å²) < 4.78 is 5.25. The Labute approximate surface area is 172 Å². The number of allylic oxidation sites excluding steroid dienone is 2. The van der Waals surface area contributed by atoms with Crippen molar-refractivity contribution in [3.63, 3.8) is 0 Å². The lowest BCUT2D eigenvalue weighted by molar-refractivity contribution is -0.116. The van der Waals surface area contributed by atoms with Crippen molar-refractivity contribution < 1.29 is 14.6 Å². The fourth-order valence-corrected chi connectivity index (χ4v) is 4.67. The molecule has 4 rings (SSSR count). The molecule has 3 N–H and O–H groups in total. The number of Topliss-reactive ketones (excluding diaryl/α,β-unsaturated/α-hetero) is 1. The van der Waals surface area contributed by atoms with E-state index in [-0.39, 0.29) is 22.3 Å². The number of rotatable bonds is 4. The number of carbonyl (C=O) groups is 1. The fraction of sp³-hybridized carbons (Fsp3) is 0.381. The number of H-pyrrole nitrogens is 1. The summed E-state index contributed by atoms with van der Waals surface area (Å²) in [5.41, 5.74) is 2.28. The fourth-order valence-electron chi connectivity index (χ4n) is 3.93. The Morgan fingerprint density at radius 1 is 1.28 bits per heavy atom. The lowest BCUT2D eigenvalue weighted by atomic mass is 9.76. The van der Waals surface area contributed by atoms with Crippen LogP contribution in [0.25, 0.3) is 0 Å². The van der Waals surface area contributed by atoms with Gasteiger partial charge in [0.25, 0.3) is 5.56 Å². The molecule has 0 saturated heterocycles. The van der Waals surface area contributed by atoms with Crippen molar-refractivity contribution in [1.82, 2.24) is 9.97 Å². The molecule has 0 spiro atoms. The van der Waals surface area contributed by atoms with Gasteiger partial charge in [0.2, 0.25) is 0 Å². The summed E-state index contributed by atoms with van der Waals surface area (Å²) >= 11 is 1.48. The first-order valence-corrected chi connectivity index (χ1v) is 10.5. The van der Waals surface area contributed by atoms with Crippen LogP contribution in [0.4, 0.5) is 5.82 Å². The van der Waals surface area contributed by atoms with Gasteiger partial charge in [0.05, 0.1) is 12.7 Å². The Kier molecular flexibility index (Phi) is 5.12. The zero-order valence-electron chi connectivity index (χ0n) is 16.5. The first kappa shape index (κ1) is 19.6. The van der Waals surface area contributed by atoms with Crippen LogP contribution in [0.2, 0.25) is 0 Å². The standard InChI is InChI=1S/C21H23N3O4S/c1-10(2)29-21-23-19-18(20(27)24-21)16(11-7-8-13(25)15(9-11)28-3)17-12(22-19)5-4-6-14(17)26/h7-10,16,25H,4-6H2,1-3H3,(H2,22,23,24,27)/t16-/m0/s1. The van der Waals surface area contributed by atoms with Crippen LogP contribution in [0, 0.1) is 0 Å². The number of phenols is 1. The van der Waals surface area contributed by atoms with Gasteiger partial charge in [-0.05, 0) is 30.5 Å².